The second-order valence-electron chi connectivity index (χ2n) is 5.74. The van der Waals surface area contributed by atoms with Crippen LogP contribution in [0.2, 0.25) is 5.02 Å². The predicted octanol–water partition coefficient (Wildman–Crippen LogP) is 5.21. The monoisotopic (exact) mass is 384 g/mol. The van der Waals surface area contributed by atoms with Crippen molar-refractivity contribution in [3.63, 3.8) is 0 Å². The molecular formula is C19H14ClFN4S. The summed E-state index contributed by atoms with van der Waals surface area (Å²) in [4.78, 5) is 4.67. The van der Waals surface area contributed by atoms with Crippen molar-refractivity contribution in [2.45, 2.75) is 17.8 Å². The number of aryl methyl sites for hydroxylation is 1. The summed E-state index contributed by atoms with van der Waals surface area (Å²) < 4.78 is 15.7. The van der Waals surface area contributed by atoms with Crippen LogP contribution < -0.4 is 0 Å². The molecule has 0 radical (unpaired) electrons. The molecule has 4 aromatic rings. The van der Waals surface area contributed by atoms with Gasteiger partial charge in [-0.05, 0) is 30.7 Å². The number of aromatic nitrogens is 4. The molecule has 2 aromatic heterocycles. The average Bonchev–Trinajstić information content (AvgIpc) is 3.12. The molecule has 0 unspecified atom stereocenters. The van der Waals surface area contributed by atoms with Crippen molar-refractivity contribution in [3.05, 3.63) is 77.0 Å². The smallest absolute Gasteiger partial charge is 0.196 e. The molecule has 0 bridgehead atoms. The summed E-state index contributed by atoms with van der Waals surface area (Å²) in [5.41, 5.74) is 3.09. The van der Waals surface area contributed by atoms with E-state index in [0.717, 1.165) is 22.2 Å². The van der Waals surface area contributed by atoms with Crippen molar-refractivity contribution in [1.29, 1.82) is 0 Å². The van der Waals surface area contributed by atoms with Gasteiger partial charge in [0.2, 0.25) is 0 Å². The van der Waals surface area contributed by atoms with E-state index in [2.05, 4.69) is 15.2 Å². The molecule has 0 aliphatic rings. The Morgan fingerprint density at radius 1 is 1.12 bits per heavy atom. The van der Waals surface area contributed by atoms with Gasteiger partial charge in [-0.3, -0.25) is 9.55 Å². The molecule has 4 rings (SSSR count). The molecule has 0 fully saturated rings. The molecule has 4 nitrogen and oxygen atoms in total. The quantitative estimate of drug-likeness (QED) is 0.453. The fourth-order valence-electron chi connectivity index (χ4n) is 2.78. The summed E-state index contributed by atoms with van der Waals surface area (Å²) in [6, 6.07) is 14.4. The number of benzene rings is 2. The zero-order valence-electron chi connectivity index (χ0n) is 13.9. The molecule has 0 N–H and O–H groups in total. The molecule has 26 heavy (non-hydrogen) atoms. The Morgan fingerprint density at radius 3 is 2.73 bits per heavy atom. The normalized spacial score (nSPS) is 11.2. The summed E-state index contributed by atoms with van der Waals surface area (Å²) >= 11 is 7.93. The van der Waals surface area contributed by atoms with E-state index >= 15 is 0 Å². The number of nitrogens with zero attached hydrogens (tertiary/aromatic N) is 4. The van der Waals surface area contributed by atoms with Crippen LogP contribution in [0.15, 0.2) is 60.0 Å². The standard InChI is InChI=1S/C19H14ClFN4S/c1-12-13-6-2-4-8-15(13)23-16(18(12)20)10-26-19-24-22-11-25(19)17-9-5-3-7-14(17)21/h2-9,11H,10H2,1H3. The highest BCUT2D eigenvalue weighted by atomic mass is 35.5. The first-order chi connectivity index (χ1) is 12.6. The third kappa shape index (κ3) is 3.06. The summed E-state index contributed by atoms with van der Waals surface area (Å²) in [6.07, 6.45) is 1.50. The van der Waals surface area contributed by atoms with E-state index < -0.39 is 0 Å². The van der Waals surface area contributed by atoms with E-state index in [1.807, 2.05) is 31.2 Å². The Kier molecular flexibility index (Phi) is 4.61. The number of rotatable bonds is 4. The van der Waals surface area contributed by atoms with Crippen molar-refractivity contribution >= 4 is 34.3 Å². The lowest BCUT2D eigenvalue weighted by Crippen LogP contribution is -1.99. The second kappa shape index (κ2) is 7.05. The molecule has 0 aliphatic heterocycles. The molecule has 2 heterocycles. The van der Waals surface area contributed by atoms with Crippen LogP contribution in [0.5, 0.6) is 0 Å². The van der Waals surface area contributed by atoms with E-state index in [-0.39, 0.29) is 5.82 Å². The number of hydrogen-bond donors (Lipinski definition) is 0. The predicted molar refractivity (Wildman–Crippen MR) is 102 cm³/mol. The number of para-hydroxylation sites is 2. The third-order valence-corrected chi connectivity index (χ3v) is 5.57. The maximum absolute atomic E-state index is 14.1. The largest absolute Gasteiger partial charge is 0.274 e. The molecule has 7 heteroatoms. The number of hydrogen-bond acceptors (Lipinski definition) is 4. The van der Waals surface area contributed by atoms with Crippen molar-refractivity contribution < 1.29 is 4.39 Å². The van der Waals surface area contributed by atoms with Gasteiger partial charge in [0.15, 0.2) is 5.16 Å². The van der Waals surface area contributed by atoms with Crippen LogP contribution in [0.4, 0.5) is 4.39 Å². The highest BCUT2D eigenvalue weighted by molar-refractivity contribution is 7.98. The zero-order chi connectivity index (χ0) is 18.1. The summed E-state index contributed by atoms with van der Waals surface area (Å²) in [7, 11) is 0. The molecular weight excluding hydrogens is 371 g/mol. The highest BCUT2D eigenvalue weighted by Crippen LogP contribution is 2.31. The van der Waals surface area contributed by atoms with Crippen LogP contribution >= 0.6 is 23.4 Å². The number of pyridine rings is 1. The van der Waals surface area contributed by atoms with Crippen molar-refractivity contribution in [3.8, 4) is 5.69 Å². The molecule has 0 saturated carbocycles. The Hall–Kier alpha value is -2.44. The minimum absolute atomic E-state index is 0.327. The third-order valence-electron chi connectivity index (χ3n) is 4.11. The van der Waals surface area contributed by atoms with Gasteiger partial charge in [0, 0.05) is 11.1 Å². The van der Waals surface area contributed by atoms with E-state index in [0.29, 0.717) is 21.6 Å². The topological polar surface area (TPSA) is 43.6 Å². The summed E-state index contributed by atoms with van der Waals surface area (Å²) in [5.74, 6) is 0.185. The van der Waals surface area contributed by atoms with Gasteiger partial charge in [-0.2, -0.15) is 0 Å². The van der Waals surface area contributed by atoms with E-state index in [1.165, 1.54) is 24.2 Å². The number of fused-ring (bicyclic) bond motifs is 1. The van der Waals surface area contributed by atoms with Crippen molar-refractivity contribution in [2.24, 2.45) is 0 Å². The average molecular weight is 385 g/mol. The molecule has 0 spiro atoms. The first kappa shape index (κ1) is 17.0. The van der Waals surface area contributed by atoms with Crippen LogP contribution in [0.1, 0.15) is 11.3 Å². The maximum atomic E-state index is 14.1. The van der Waals surface area contributed by atoms with E-state index in [9.17, 15) is 4.39 Å². The minimum Gasteiger partial charge on any atom is -0.274 e. The fraction of sp³-hybridized carbons (Fsp3) is 0.105. The Morgan fingerprint density at radius 2 is 1.88 bits per heavy atom. The van der Waals surface area contributed by atoms with Gasteiger partial charge in [-0.1, -0.05) is 53.7 Å². The zero-order valence-corrected chi connectivity index (χ0v) is 15.4. The molecule has 130 valence electrons. The van der Waals surface area contributed by atoms with Crippen LogP contribution in [0, 0.1) is 12.7 Å². The molecule has 2 aromatic carbocycles. The van der Waals surface area contributed by atoms with Crippen molar-refractivity contribution in [1.82, 2.24) is 19.7 Å². The van der Waals surface area contributed by atoms with Crippen LogP contribution in [-0.4, -0.2) is 19.7 Å². The lowest BCUT2D eigenvalue weighted by atomic mass is 10.1. The molecule has 0 saturated heterocycles. The molecule has 0 atom stereocenters. The van der Waals surface area contributed by atoms with Crippen LogP contribution in [0.25, 0.3) is 16.6 Å². The lowest BCUT2D eigenvalue weighted by molar-refractivity contribution is 0.613. The lowest BCUT2D eigenvalue weighted by Gasteiger charge is -2.10. The van der Waals surface area contributed by atoms with Crippen LogP contribution in [0.3, 0.4) is 0 Å². The Balaban J connectivity index is 1.65. The molecule has 0 amide bonds. The Labute approximate surface area is 159 Å². The number of thioether (sulfide) groups is 1. The first-order valence-corrected chi connectivity index (χ1v) is 9.33. The van der Waals surface area contributed by atoms with Gasteiger partial charge < -0.3 is 0 Å². The summed E-state index contributed by atoms with van der Waals surface area (Å²) in [6.45, 7) is 1.99. The highest BCUT2D eigenvalue weighted by Gasteiger charge is 2.14. The van der Waals surface area contributed by atoms with Gasteiger partial charge in [-0.25, -0.2) is 4.39 Å². The summed E-state index contributed by atoms with van der Waals surface area (Å²) in [5, 5.41) is 10.3. The first-order valence-electron chi connectivity index (χ1n) is 7.96. The van der Waals surface area contributed by atoms with Gasteiger partial charge in [-0.15, -0.1) is 10.2 Å². The van der Waals surface area contributed by atoms with E-state index in [1.54, 1.807) is 22.8 Å². The van der Waals surface area contributed by atoms with Gasteiger partial charge in [0.05, 0.1) is 21.9 Å². The van der Waals surface area contributed by atoms with Gasteiger partial charge in [0.25, 0.3) is 0 Å². The second-order valence-corrected chi connectivity index (χ2v) is 7.06. The molecule has 0 aliphatic carbocycles. The number of halogens is 2. The maximum Gasteiger partial charge on any atom is 0.196 e. The van der Waals surface area contributed by atoms with Gasteiger partial charge >= 0.3 is 0 Å². The Bertz CT molecular complexity index is 1100. The van der Waals surface area contributed by atoms with Crippen LogP contribution in [-0.2, 0) is 5.75 Å². The van der Waals surface area contributed by atoms with Crippen molar-refractivity contribution in [2.75, 3.05) is 0 Å². The van der Waals surface area contributed by atoms with E-state index in [4.69, 9.17) is 11.6 Å². The minimum atomic E-state index is -0.327. The SMILES string of the molecule is Cc1c(Cl)c(CSc2nncn2-c2ccccc2F)nc2ccccc12. The van der Waals surface area contributed by atoms with Gasteiger partial charge in [0.1, 0.15) is 12.1 Å². The fourth-order valence-corrected chi connectivity index (χ4v) is 3.94.